The molecule has 1 saturated carbocycles. The van der Waals surface area contributed by atoms with Gasteiger partial charge in [-0.3, -0.25) is 9.52 Å². The highest BCUT2D eigenvalue weighted by Gasteiger charge is 2.21. The fourth-order valence-corrected chi connectivity index (χ4v) is 5.97. The van der Waals surface area contributed by atoms with Crippen molar-refractivity contribution in [1.82, 2.24) is 0 Å². The van der Waals surface area contributed by atoms with Gasteiger partial charge in [0.2, 0.25) is 0 Å². The number of rotatable bonds is 8. The second kappa shape index (κ2) is 10.6. The molecule has 7 nitrogen and oxygen atoms in total. The second-order valence-electron chi connectivity index (χ2n) is 8.31. The minimum atomic E-state index is -3.97. The Labute approximate surface area is 203 Å². The molecule has 3 N–H and O–H groups in total. The molecule has 34 heavy (non-hydrogen) atoms. The normalized spacial score (nSPS) is 15.1. The van der Waals surface area contributed by atoms with E-state index in [0.29, 0.717) is 16.5 Å². The van der Waals surface area contributed by atoms with Crippen LogP contribution in [0.5, 0.6) is 11.5 Å². The zero-order valence-corrected chi connectivity index (χ0v) is 20.2. The highest BCUT2D eigenvalue weighted by Crippen LogP contribution is 2.40. The maximum absolute atomic E-state index is 13.3. The van der Waals surface area contributed by atoms with Crippen LogP contribution in [0, 0.1) is 0 Å². The van der Waals surface area contributed by atoms with Gasteiger partial charge >= 0.3 is 5.97 Å². The summed E-state index contributed by atoms with van der Waals surface area (Å²) in [5.74, 6) is -0.865. The number of nitrogens with one attached hydrogen (secondary N) is 1. The van der Waals surface area contributed by atoms with Crippen LogP contribution >= 0.6 is 11.8 Å². The zero-order valence-electron chi connectivity index (χ0n) is 18.6. The number of fused-ring (bicyclic) bond motifs is 1. The molecule has 1 aliphatic rings. The lowest BCUT2D eigenvalue weighted by Gasteiger charge is -2.18. The van der Waals surface area contributed by atoms with Crippen molar-refractivity contribution in [3.63, 3.8) is 0 Å². The van der Waals surface area contributed by atoms with E-state index in [1.807, 2.05) is 0 Å². The molecular weight excluding hydrogens is 474 g/mol. The van der Waals surface area contributed by atoms with E-state index in [-0.39, 0.29) is 33.1 Å². The molecule has 0 bridgehead atoms. The van der Waals surface area contributed by atoms with Crippen LogP contribution in [0.4, 0.5) is 5.69 Å². The number of ether oxygens (including phenoxy) is 1. The predicted molar refractivity (Wildman–Crippen MR) is 133 cm³/mol. The van der Waals surface area contributed by atoms with Crippen LogP contribution in [0.2, 0.25) is 0 Å². The van der Waals surface area contributed by atoms with E-state index in [1.165, 1.54) is 31.0 Å². The molecule has 0 aromatic heterocycles. The van der Waals surface area contributed by atoms with Crippen LogP contribution in [-0.2, 0) is 14.8 Å². The Bertz CT molecular complexity index is 1280. The van der Waals surface area contributed by atoms with Crippen LogP contribution in [-0.4, -0.2) is 36.5 Å². The lowest BCUT2D eigenvalue weighted by molar-refractivity contribution is -0.133. The summed E-state index contributed by atoms with van der Waals surface area (Å²) in [6.45, 7) is 0. The quantitative estimate of drug-likeness (QED) is 0.208. The van der Waals surface area contributed by atoms with Crippen LogP contribution in [0.25, 0.3) is 10.8 Å². The fourth-order valence-electron chi connectivity index (χ4n) is 4.14. The molecule has 0 saturated heterocycles. The molecule has 0 aliphatic heterocycles. The van der Waals surface area contributed by atoms with Crippen molar-refractivity contribution in [2.75, 3.05) is 10.5 Å². The summed E-state index contributed by atoms with van der Waals surface area (Å²) in [5.41, 5.74) is 0.261. The van der Waals surface area contributed by atoms with Crippen molar-refractivity contribution in [3.05, 3.63) is 54.6 Å². The highest BCUT2D eigenvalue weighted by molar-refractivity contribution is 8.00. The molecule has 9 heteroatoms. The molecule has 0 spiro atoms. The van der Waals surface area contributed by atoms with Gasteiger partial charge in [-0.1, -0.05) is 43.2 Å². The number of carbonyl (C=O) groups is 1. The summed E-state index contributed by atoms with van der Waals surface area (Å²) in [5, 5.41) is 20.6. The number of aromatic hydroxyl groups is 1. The van der Waals surface area contributed by atoms with Gasteiger partial charge in [0, 0.05) is 16.8 Å². The summed E-state index contributed by atoms with van der Waals surface area (Å²) in [7, 11) is -3.97. The topological polar surface area (TPSA) is 113 Å². The Hall–Kier alpha value is -2.91. The van der Waals surface area contributed by atoms with Gasteiger partial charge in [0.1, 0.15) is 11.5 Å². The van der Waals surface area contributed by atoms with E-state index in [9.17, 15) is 18.3 Å². The number of carboxylic acid groups (broad SMARTS) is 1. The molecule has 0 radical (unpaired) electrons. The van der Waals surface area contributed by atoms with E-state index in [2.05, 4.69) is 4.72 Å². The number of phenols is 1. The van der Waals surface area contributed by atoms with Crippen LogP contribution < -0.4 is 9.46 Å². The number of hydrogen-bond donors (Lipinski definition) is 3. The molecule has 4 rings (SSSR count). The van der Waals surface area contributed by atoms with Gasteiger partial charge in [0.05, 0.1) is 27.3 Å². The number of anilines is 1. The average Bonchev–Trinajstić information content (AvgIpc) is 3.09. The number of carboxylic acids is 1. The molecule has 3 aromatic rings. The summed E-state index contributed by atoms with van der Waals surface area (Å²) in [4.78, 5) is 11.4. The van der Waals surface area contributed by atoms with Crippen molar-refractivity contribution < 1.29 is 28.2 Å². The number of thioether (sulfide) groups is 1. The third kappa shape index (κ3) is 5.77. The average molecular weight is 502 g/mol. The summed E-state index contributed by atoms with van der Waals surface area (Å²) in [6.07, 6.45) is 6.64. The van der Waals surface area contributed by atoms with Crippen LogP contribution in [0.15, 0.2) is 64.4 Å². The smallest absolute Gasteiger partial charge is 0.313 e. The van der Waals surface area contributed by atoms with Gasteiger partial charge in [-0.2, -0.15) is 0 Å². The standard InChI is InChI=1S/C25H27NO6S2/c27-24(28)16-33-23-15-22(20-12-5-6-13-21(20)25(23)29)26-34(30,31)19-11-7-10-18(14-19)32-17-8-3-1-2-4-9-17/h5-7,10-15,17,26,29H,1-4,8-9,16H2,(H,27,28). The van der Waals surface area contributed by atoms with Gasteiger partial charge < -0.3 is 14.9 Å². The third-order valence-electron chi connectivity index (χ3n) is 5.80. The number of aliphatic carboxylic acids is 1. The number of phenolic OH excluding ortho intramolecular Hbond substituents is 1. The summed E-state index contributed by atoms with van der Waals surface area (Å²) < 4.78 is 35.3. The van der Waals surface area contributed by atoms with E-state index >= 15 is 0 Å². The molecule has 3 aromatic carbocycles. The SMILES string of the molecule is O=C(O)CSc1cc(NS(=O)(=O)c2cccc(OC3CCCCCC3)c2)c2ccccc2c1O. The van der Waals surface area contributed by atoms with E-state index in [1.54, 1.807) is 36.4 Å². The van der Waals surface area contributed by atoms with Gasteiger partial charge in [0.15, 0.2) is 0 Å². The summed E-state index contributed by atoms with van der Waals surface area (Å²) >= 11 is 0.925. The maximum Gasteiger partial charge on any atom is 0.313 e. The molecule has 180 valence electrons. The lowest BCUT2D eigenvalue weighted by atomic mass is 10.1. The van der Waals surface area contributed by atoms with E-state index in [4.69, 9.17) is 9.84 Å². The second-order valence-corrected chi connectivity index (χ2v) is 11.0. The number of hydrogen-bond acceptors (Lipinski definition) is 6. The molecule has 0 amide bonds. The largest absolute Gasteiger partial charge is 0.506 e. The minimum Gasteiger partial charge on any atom is -0.506 e. The minimum absolute atomic E-state index is 0.0653. The van der Waals surface area contributed by atoms with E-state index in [0.717, 1.165) is 37.4 Å². The fraction of sp³-hybridized carbons (Fsp3) is 0.320. The maximum atomic E-state index is 13.3. The van der Waals surface area contributed by atoms with Gasteiger partial charge in [-0.05, 0) is 43.9 Å². The molecule has 0 heterocycles. The summed E-state index contributed by atoms with van der Waals surface area (Å²) in [6, 6.07) is 14.7. The van der Waals surface area contributed by atoms with Gasteiger partial charge in [-0.25, -0.2) is 8.42 Å². The Kier molecular flexibility index (Phi) is 7.53. The highest BCUT2D eigenvalue weighted by atomic mass is 32.2. The van der Waals surface area contributed by atoms with Crippen molar-refractivity contribution in [2.45, 2.75) is 54.4 Å². The first-order valence-corrected chi connectivity index (χ1v) is 13.7. The molecular formula is C25H27NO6S2. The Morgan fingerprint density at radius 1 is 1.00 bits per heavy atom. The molecule has 1 aliphatic carbocycles. The van der Waals surface area contributed by atoms with Crippen molar-refractivity contribution in [1.29, 1.82) is 0 Å². The van der Waals surface area contributed by atoms with Crippen molar-refractivity contribution in [3.8, 4) is 11.5 Å². The first kappa shape index (κ1) is 24.2. The van der Waals surface area contributed by atoms with E-state index < -0.39 is 16.0 Å². The third-order valence-corrected chi connectivity index (χ3v) is 8.17. The first-order valence-electron chi connectivity index (χ1n) is 11.2. The van der Waals surface area contributed by atoms with Crippen LogP contribution in [0.1, 0.15) is 38.5 Å². The predicted octanol–water partition coefficient (Wildman–Crippen LogP) is 5.62. The monoisotopic (exact) mass is 501 g/mol. The first-order chi connectivity index (χ1) is 16.3. The lowest BCUT2D eigenvalue weighted by Crippen LogP contribution is -2.16. The Morgan fingerprint density at radius 3 is 2.41 bits per heavy atom. The molecule has 0 unspecified atom stereocenters. The number of benzene rings is 3. The van der Waals surface area contributed by atoms with Gasteiger partial charge in [-0.15, -0.1) is 11.8 Å². The molecule has 1 fully saturated rings. The zero-order chi connectivity index (χ0) is 24.1. The van der Waals surface area contributed by atoms with Crippen molar-refractivity contribution >= 4 is 44.2 Å². The van der Waals surface area contributed by atoms with Crippen LogP contribution in [0.3, 0.4) is 0 Å². The van der Waals surface area contributed by atoms with Gasteiger partial charge in [0.25, 0.3) is 10.0 Å². The molecule has 0 atom stereocenters. The number of sulfonamides is 1. The Balaban J connectivity index is 1.63. The van der Waals surface area contributed by atoms with Crippen molar-refractivity contribution in [2.24, 2.45) is 0 Å². The Morgan fingerprint density at radius 2 is 1.71 bits per heavy atom.